The Bertz CT molecular complexity index is 433. The zero-order chi connectivity index (χ0) is 14.4. The molecule has 1 saturated heterocycles. The number of hydrogen-bond donors (Lipinski definition) is 1. The Balaban J connectivity index is 1.92. The minimum absolute atomic E-state index is 0.597. The smallest absolute Gasteiger partial charge is 0.179 e. The molecule has 1 aromatic carbocycles. The molecule has 0 saturated carbocycles. The lowest BCUT2D eigenvalue weighted by atomic mass is 10.0. The second kappa shape index (κ2) is 7.72. The quantitative estimate of drug-likeness (QED) is 0.877. The van der Waals surface area contributed by atoms with Crippen molar-refractivity contribution < 1.29 is 14.2 Å². The van der Waals surface area contributed by atoms with Crippen LogP contribution in [0.5, 0.6) is 11.5 Å². The molecule has 5 heteroatoms. The molecule has 0 spiro atoms. The van der Waals surface area contributed by atoms with E-state index in [4.69, 9.17) is 25.8 Å². The molecule has 1 heterocycles. The van der Waals surface area contributed by atoms with Crippen molar-refractivity contribution >= 4 is 11.6 Å². The van der Waals surface area contributed by atoms with E-state index in [1.165, 1.54) is 0 Å². The van der Waals surface area contributed by atoms with E-state index >= 15 is 0 Å². The Morgan fingerprint density at radius 3 is 2.65 bits per heavy atom. The van der Waals surface area contributed by atoms with Gasteiger partial charge in [-0.1, -0.05) is 17.7 Å². The third kappa shape index (κ3) is 3.78. The molecular weight excluding hydrogens is 278 g/mol. The predicted octanol–water partition coefficient (Wildman–Crippen LogP) is 2.87. The number of nitrogens with one attached hydrogen (secondary N) is 1. The fourth-order valence-corrected chi connectivity index (χ4v) is 2.73. The van der Waals surface area contributed by atoms with Crippen LogP contribution in [0.15, 0.2) is 12.1 Å². The van der Waals surface area contributed by atoms with Crippen LogP contribution in [0.25, 0.3) is 0 Å². The minimum Gasteiger partial charge on any atom is -0.493 e. The topological polar surface area (TPSA) is 39.7 Å². The molecule has 4 nitrogen and oxygen atoms in total. The van der Waals surface area contributed by atoms with Gasteiger partial charge in [0.05, 0.1) is 19.2 Å². The van der Waals surface area contributed by atoms with Crippen LogP contribution in [0, 0.1) is 5.92 Å². The third-order valence-corrected chi connectivity index (χ3v) is 4.07. The van der Waals surface area contributed by atoms with Gasteiger partial charge in [0.2, 0.25) is 0 Å². The van der Waals surface area contributed by atoms with E-state index < -0.39 is 0 Å². The van der Waals surface area contributed by atoms with Gasteiger partial charge in [-0.2, -0.15) is 0 Å². The molecule has 20 heavy (non-hydrogen) atoms. The first-order valence-corrected chi connectivity index (χ1v) is 7.32. The van der Waals surface area contributed by atoms with E-state index in [-0.39, 0.29) is 0 Å². The molecule has 0 bridgehead atoms. The average Bonchev–Trinajstić information content (AvgIpc) is 2.49. The van der Waals surface area contributed by atoms with E-state index in [0.29, 0.717) is 22.4 Å². The van der Waals surface area contributed by atoms with Crippen LogP contribution in [0.1, 0.15) is 18.4 Å². The largest absolute Gasteiger partial charge is 0.493 e. The summed E-state index contributed by atoms with van der Waals surface area (Å²) in [5, 5.41) is 4.08. The van der Waals surface area contributed by atoms with Crippen molar-refractivity contribution in [2.45, 2.75) is 19.4 Å². The normalized spacial score (nSPS) is 16.1. The molecule has 1 aliphatic heterocycles. The lowest BCUT2D eigenvalue weighted by molar-refractivity contribution is 0.0662. The predicted molar refractivity (Wildman–Crippen MR) is 79.8 cm³/mol. The highest BCUT2D eigenvalue weighted by Crippen LogP contribution is 2.37. The second-order valence-corrected chi connectivity index (χ2v) is 5.34. The van der Waals surface area contributed by atoms with E-state index in [1.807, 2.05) is 12.1 Å². The summed E-state index contributed by atoms with van der Waals surface area (Å²) in [4.78, 5) is 0. The third-order valence-electron chi connectivity index (χ3n) is 3.65. The maximum atomic E-state index is 6.35. The molecule has 1 aromatic rings. The van der Waals surface area contributed by atoms with Crippen LogP contribution < -0.4 is 14.8 Å². The summed E-state index contributed by atoms with van der Waals surface area (Å²) in [5.74, 6) is 1.95. The molecule has 1 fully saturated rings. The summed E-state index contributed by atoms with van der Waals surface area (Å²) in [6.07, 6.45) is 2.26. The lowest BCUT2D eigenvalue weighted by Crippen LogP contribution is -2.27. The van der Waals surface area contributed by atoms with Crippen LogP contribution in [0.3, 0.4) is 0 Å². The van der Waals surface area contributed by atoms with Crippen molar-refractivity contribution in [1.82, 2.24) is 5.32 Å². The summed E-state index contributed by atoms with van der Waals surface area (Å²) >= 11 is 6.35. The Kier molecular flexibility index (Phi) is 5.95. The zero-order valence-corrected chi connectivity index (χ0v) is 12.8. The molecule has 0 aromatic heterocycles. The maximum Gasteiger partial charge on any atom is 0.179 e. The molecule has 112 valence electrons. The Morgan fingerprint density at radius 2 is 2.00 bits per heavy atom. The van der Waals surface area contributed by atoms with Crippen molar-refractivity contribution in [1.29, 1.82) is 0 Å². The van der Waals surface area contributed by atoms with Gasteiger partial charge in [-0.15, -0.1) is 0 Å². The zero-order valence-electron chi connectivity index (χ0n) is 12.1. The average molecular weight is 300 g/mol. The minimum atomic E-state index is 0.597. The van der Waals surface area contributed by atoms with Crippen molar-refractivity contribution in [3.8, 4) is 11.5 Å². The van der Waals surface area contributed by atoms with Crippen LogP contribution in [-0.4, -0.2) is 34.0 Å². The lowest BCUT2D eigenvalue weighted by Gasteiger charge is -2.22. The summed E-state index contributed by atoms with van der Waals surface area (Å²) in [5.41, 5.74) is 1.02. The summed E-state index contributed by atoms with van der Waals surface area (Å²) in [6, 6.07) is 3.86. The number of ether oxygens (including phenoxy) is 3. The number of methoxy groups -OCH3 is 2. The Morgan fingerprint density at radius 1 is 1.25 bits per heavy atom. The fourth-order valence-electron chi connectivity index (χ4n) is 2.43. The van der Waals surface area contributed by atoms with Crippen LogP contribution in [-0.2, 0) is 11.3 Å². The van der Waals surface area contributed by atoms with Crippen molar-refractivity contribution in [3.63, 3.8) is 0 Å². The standard InChI is InChI=1S/C15H22ClNO3/c1-18-13-4-3-12(14(16)15(13)19-2)10-17-9-11-5-7-20-8-6-11/h3-4,11,17H,5-10H2,1-2H3. The first kappa shape index (κ1) is 15.4. The van der Waals surface area contributed by atoms with Crippen molar-refractivity contribution in [2.24, 2.45) is 5.92 Å². The molecular formula is C15H22ClNO3. The van der Waals surface area contributed by atoms with E-state index in [1.54, 1.807) is 14.2 Å². The maximum absolute atomic E-state index is 6.35. The van der Waals surface area contributed by atoms with Gasteiger partial charge in [-0.25, -0.2) is 0 Å². The van der Waals surface area contributed by atoms with Gasteiger partial charge in [0.1, 0.15) is 0 Å². The summed E-state index contributed by atoms with van der Waals surface area (Å²) in [7, 11) is 3.21. The van der Waals surface area contributed by atoms with Gasteiger partial charge in [-0.3, -0.25) is 0 Å². The van der Waals surface area contributed by atoms with Gasteiger partial charge >= 0.3 is 0 Å². The van der Waals surface area contributed by atoms with Crippen LogP contribution in [0.2, 0.25) is 5.02 Å². The fraction of sp³-hybridized carbons (Fsp3) is 0.600. The monoisotopic (exact) mass is 299 g/mol. The van der Waals surface area contributed by atoms with E-state index in [0.717, 1.165) is 44.7 Å². The van der Waals surface area contributed by atoms with Crippen LogP contribution in [0.4, 0.5) is 0 Å². The van der Waals surface area contributed by atoms with E-state index in [9.17, 15) is 0 Å². The first-order chi connectivity index (χ1) is 9.76. The number of hydrogen-bond acceptors (Lipinski definition) is 4. The second-order valence-electron chi connectivity index (χ2n) is 4.96. The van der Waals surface area contributed by atoms with Gasteiger partial charge < -0.3 is 19.5 Å². The molecule has 0 unspecified atom stereocenters. The SMILES string of the molecule is COc1ccc(CNCC2CCOCC2)c(Cl)c1OC. The molecule has 0 amide bonds. The first-order valence-electron chi connectivity index (χ1n) is 6.94. The molecule has 0 atom stereocenters. The Labute approximate surface area is 125 Å². The highest BCUT2D eigenvalue weighted by atomic mass is 35.5. The van der Waals surface area contributed by atoms with Crippen molar-refractivity contribution in [2.75, 3.05) is 34.0 Å². The van der Waals surface area contributed by atoms with E-state index in [2.05, 4.69) is 5.32 Å². The molecule has 1 aliphatic rings. The molecule has 2 rings (SSSR count). The summed E-state index contributed by atoms with van der Waals surface area (Å²) < 4.78 is 15.9. The molecule has 0 radical (unpaired) electrons. The summed E-state index contributed by atoms with van der Waals surface area (Å²) in [6.45, 7) is 3.48. The highest BCUT2D eigenvalue weighted by molar-refractivity contribution is 6.33. The van der Waals surface area contributed by atoms with Gasteiger partial charge in [0.25, 0.3) is 0 Å². The number of benzene rings is 1. The number of halogens is 1. The van der Waals surface area contributed by atoms with Gasteiger partial charge in [-0.05, 0) is 36.9 Å². The van der Waals surface area contributed by atoms with Gasteiger partial charge in [0.15, 0.2) is 11.5 Å². The van der Waals surface area contributed by atoms with Gasteiger partial charge in [0, 0.05) is 19.8 Å². The highest BCUT2D eigenvalue weighted by Gasteiger charge is 2.15. The Hall–Kier alpha value is -0.970. The van der Waals surface area contributed by atoms with Crippen LogP contribution >= 0.6 is 11.6 Å². The van der Waals surface area contributed by atoms with Crippen molar-refractivity contribution in [3.05, 3.63) is 22.7 Å². The number of rotatable bonds is 6. The molecule has 1 N–H and O–H groups in total. The molecule has 0 aliphatic carbocycles.